The Morgan fingerprint density at radius 2 is 1.72 bits per heavy atom. The van der Waals surface area contributed by atoms with Gasteiger partial charge in [-0.25, -0.2) is 0 Å². The van der Waals surface area contributed by atoms with Crippen LogP contribution in [0.3, 0.4) is 0 Å². The smallest absolute Gasteiger partial charge is 0.0364 e. The zero-order chi connectivity index (χ0) is 13.1. The van der Waals surface area contributed by atoms with Gasteiger partial charge >= 0.3 is 0 Å². The summed E-state index contributed by atoms with van der Waals surface area (Å²) in [5, 5.41) is 0. The molecule has 0 fully saturated rings. The van der Waals surface area contributed by atoms with Crippen LogP contribution in [0.1, 0.15) is 11.1 Å². The molecule has 2 heteroatoms. The molecule has 0 aliphatic heterocycles. The monoisotopic (exact) mass is 240 g/mol. The van der Waals surface area contributed by atoms with Crippen molar-refractivity contribution < 1.29 is 0 Å². The fourth-order valence-electron chi connectivity index (χ4n) is 2.17. The van der Waals surface area contributed by atoms with E-state index in [0.29, 0.717) is 6.54 Å². The van der Waals surface area contributed by atoms with Crippen LogP contribution in [0.2, 0.25) is 0 Å². The van der Waals surface area contributed by atoms with E-state index in [-0.39, 0.29) is 0 Å². The second-order valence-electron chi connectivity index (χ2n) is 4.75. The molecule has 0 aromatic heterocycles. The summed E-state index contributed by atoms with van der Waals surface area (Å²) in [5.74, 6) is 0. The Morgan fingerprint density at radius 3 is 2.33 bits per heavy atom. The number of aryl methyl sites for hydroxylation is 1. The minimum Gasteiger partial charge on any atom is -0.378 e. The molecule has 2 N–H and O–H groups in total. The zero-order valence-electron chi connectivity index (χ0n) is 11.3. The van der Waals surface area contributed by atoms with Crippen LogP contribution >= 0.6 is 0 Å². The summed E-state index contributed by atoms with van der Waals surface area (Å²) in [7, 11) is 4.09. The van der Waals surface area contributed by atoms with Crippen LogP contribution < -0.4 is 10.6 Å². The Balaban J connectivity index is 2.55. The van der Waals surface area contributed by atoms with Crippen molar-refractivity contribution in [1.82, 2.24) is 0 Å². The van der Waals surface area contributed by atoms with Gasteiger partial charge in [-0.1, -0.05) is 30.3 Å². The Morgan fingerprint density at radius 1 is 1.00 bits per heavy atom. The van der Waals surface area contributed by atoms with E-state index >= 15 is 0 Å². The molecule has 0 amide bonds. The van der Waals surface area contributed by atoms with E-state index in [4.69, 9.17) is 5.73 Å². The first-order valence-corrected chi connectivity index (χ1v) is 6.20. The summed E-state index contributed by atoms with van der Waals surface area (Å²) in [6, 6.07) is 14.9. The number of rotatable bonds is 3. The van der Waals surface area contributed by atoms with E-state index in [1.807, 2.05) is 14.1 Å². The summed E-state index contributed by atoms with van der Waals surface area (Å²) in [6.45, 7) is 2.70. The Bertz CT molecular complexity index is 545. The van der Waals surface area contributed by atoms with Crippen LogP contribution in [0.15, 0.2) is 42.5 Å². The first-order valence-electron chi connectivity index (χ1n) is 6.20. The molecule has 0 atom stereocenters. The van der Waals surface area contributed by atoms with Crippen molar-refractivity contribution in [3.8, 4) is 11.1 Å². The number of anilines is 1. The first-order chi connectivity index (χ1) is 8.63. The molecule has 0 aliphatic carbocycles. The fraction of sp³-hybridized carbons (Fsp3) is 0.250. The largest absolute Gasteiger partial charge is 0.378 e. The van der Waals surface area contributed by atoms with E-state index in [1.165, 1.54) is 27.9 Å². The van der Waals surface area contributed by atoms with Gasteiger partial charge in [-0.3, -0.25) is 0 Å². The zero-order valence-corrected chi connectivity index (χ0v) is 11.3. The van der Waals surface area contributed by atoms with Gasteiger partial charge in [0.25, 0.3) is 0 Å². The molecule has 0 heterocycles. The lowest BCUT2D eigenvalue weighted by Crippen LogP contribution is -2.10. The van der Waals surface area contributed by atoms with Crippen LogP contribution in [0, 0.1) is 6.92 Å². The van der Waals surface area contributed by atoms with Gasteiger partial charge in [-0.2, -0.15) is 0 Å². The van der Waals surface area contributed by atoms with Gasteiger partial charge in [0, 0.05) is 26.3 Å². The molecule has 2 rings (SSSR count). The molecule has 0 saturated carbocycles. The van der Waals surface area contributed by atoms with Crippen molar-refractivity contribution in [3.05, 3.63) is 53.6 Å². The molecule has 0 saturated heterocycles. The number of nitrogens with two attached hydrogens (primary N) is 1. The third-order valence-electron chi connectivity index (χ3n) is 3.26. The van der Waals surface area contributed by atoms with Gasteiger partial charge in [0.1, 0.15) is 0 Å². The summed E-state index contributed by atoms with van der Waals surface area (Å²) < 4.78 is 0. The lowest BCUT2D eigenvalue weighted by atomic mass is 9.95. The molecular weight excluding hydrogens is 220 g/mol. The highest BCUT2D eigenvalue weighted by atomic mass is 15.1. The van der Waals surface area contributed by atoms with E-state index in [9.17, 15) is 0 Å². The molecule has 2 aromatic rings. The molecule has 0 unspecified atom stereocenters. The minimum atomic E-state index is 0.561. The van der Waals surface area contributed by atoms with Crippen molar-refractivity contribution >= 4 is 5.69 Å². The first kappa shape index (κ1) is 12.7. The Hall–Kier alpha value is -1.80. The summed E-state index contributed by atoms with van der Waals surface area (Å²) in [4.78, 5) is 2.10. The average molecular weight is 240 g/mol. The molecular formula is C16H20N2. The van der Waals surface area contributed by atoms with Gasteiger partial charge in [-0.05, 0) is 41.3 Å². The molecule has 0 aliphatic rings. The molecule has 0 spiro atoms. The topological polar surface area (TPSA) is 29.3 Å². The fourth-order valence-corrected chi connectivity index (χ4v) is 2.17. The van der Waals surface area contributed by atoms with E-state index in [1.54, 1.807) is 0 Å². The van der Waals surface area contributed by atoms with Gasteiger partial charge in [0.05, 0.1) is 0 Å². The lowest BCUT2D eigenvalue weighted by molar-refractivity contribution is 1.06. The third-order valence-corrected chi connectivity index (χ3v) is 3.26. The van der Waals surface area contributed by atoms with Crippen LogP contribution in [-0.4, -0.2) is 14.1 Å². The summed E-state index contributed by atoms with van der Waals surface area (Å²) >= 11 is 0. The van der Waals surface area contributed by atoms with Crippen LogP contribution in [0.25, 0.3) is 11.1 Å². The highest BCUT2D eigenvalue weighted by molar-refractivity contribution is 5.73. The van der Waals surface area contributed by atoms with Crippen LogP contribution in [0.4, 0.5) is 5.69 Å². The Labute approximate surface area is 109 Å². The normalized spacial score (nSPS) is 10.4. The lowest BCUT2D eigenvalue weighted by Gasteiger charge is -2.17. The maximum Gasteiger partial charge on any atom is 0.0364 e. The predicted octanol–water partition coefficient (Wildman–Crippen LogP) is 3.19. The van der Waals surface area contributed by atoms with Crippen molar-refractivity contribution in [2.75, 3.05) is 19.0 Å². The van der Waals surface area contributed by atoms with Crippen molar-refractivity contribution in [2.24, 2.45) is 5.73 Å². The molecule has 2 aromatic carbocycles. The van der Waals surface area contributed by atoms with Gasteiger partial charge < -0.3 is 10.6 Å². The van der Waals surface area contributed by atoms with E-state index in [0.717, 1.165) is 0 Å². The molecule has 18 heavy (non-hydrogen) atoms. The number of nitrogens with zero attached hydrogens (tertiary/aromatic N) is 1. The average Bonchev–Trinajstić information content (AvgIpc) is 2.38. The van der Waals surface area contributed by atoms with Crippen LogP contribution in [-0.2, 0) is 6.54 Å². The third kappa shape index (κ3) is 2.39. The summed E-state index contributed by atoms with van der Waals surface area (Å²) in [5.41, 5.74) is 12.1. The van der Waals surface area contributed by atoms with Crippen molar-refractivity contribution in [1.29, 1.82) is 0 Å². The summed E-state index contributed by atoms with van der Waals surface area (Å²) in [6.07, 6.45) is 0. The second-order valence-corrected chi connectivity index (χ2v) is 4.75. The maximum atomic E-state index is 5.89. The maximum absolute atomic E-state index is 5.89. The van der Waals surface area contributed by atoms with Crippen molar-refractivity contribution in [3.63, 3.8) is 0 Å². The molecule has 0 bridgehead atoms. The SMILES string of the molecule is Cc1ccccc1-c1ccc(N(C)C)cc1CN. The highest BCUT2D eigenvalue weighted by Crippen LogP contribution is 2.29. The van der Waals surface area contributed by atoms with Gasteiger partial charge in [-0.15, -0.1) is 0 Å². The van der Waals surface area contributed by atoms with Gasteiger partial charge in [0.15, 0.2) is 0 Å². The molecule has 2 nitrogen and oxygen atoms in total. The van der Waals surface area contributed by atoms with Gasteiger partial charge in [0.2, 0.25) is 0 Å². The number of hydrogen-bond donors (Lipinski definition) is 1. The van der Waals surface area contributed by atoms with Crippen molar-refractivity contribution in [2.45, 2.75) is 13.5 Å². The number of benzene rings is 2. The Kier molecular flexibility index (Phi) is 3.68. The molecule has 94 valence electrons. The highest BCUT2D eigenvalue weighted by Gasteiger charge is 2.08. The number of hydrogen-bond acceptors (Lipinski definition) is 2. The molecule has 0 radical (unpaired) electrons. The standard InChI is InChI=1S/C16H20N2/c1-12-6-4-5-7-15(12)16-9-8-14(18(2)3)10-13(16)11-17/h4-10H,11,17H2,1-3H3. The van der Waals surface area contributed by atoms with E-state index < -0.39 is 0 Å². The quantitative estimate of drug-likeness (QED) is 0.892. The van der Waals surface area contributed by atoms with Crippen LogP contribution in [0.5, 0.6) is 0 Å². The second kappa shape index (κ2) is 5.23. The van der Waals surface area contributed by atoms with E-state index in [2.05, 4.69) is 54.3 Å². The minimum absolute atomic E-state index is 0.561. The predicted molar refractivity (Wildman–Crippen MR) is 78.8 cm³/mol.